The van der Waals surface area contributed by atoms with E-state index in [0.717, 1.165) is 4.31 Å². The maximum absolute atomic E-state index is 13.0. The first-order valence-corrected chi connectivity index (χ1v) is 11.1. The molecular formula is C21H29N3O5S. The van der Waals surface area contributed by atoms with Gasteiger partial charge in [-0.2, -0.15) is 0 Å². The molecule has 1 aromatic heterocycles. The number of carbonyl (C=O) groups is 2. The minimum Gasteiger partial charge on any atom is -0.492 e. The van der Waals surface area contributed by atoms with Crippen molar-refractivity contribution in [2.24, 2.45) is 0 Å². The molecule has 164 valence electrons. The first-order valence-electron chi connectivity index (χ1n) is 9.62. The Morgan fingerprint density at radius 3 is 2.37 bits per heavy atom. The molecule has 1 atom stereocenters. The average molecular weight is 436 g/mol. The zero-order valence-corrected chi connectivity index (χ0v) is 19.2. The monoisotopic (exact) mass is 435 g/mol. The number of nitrogens with one attached hydrogen (secondary N) is 2. The molecule has 0 bridgehead atoms. The predicted molar refractivity (Wildman–Crippen MR) is 116 cm³/mol. The molecule has 0 aliphatic rings. The summed E-state index contributed by atoms with van der Waals surface area (Å²) in [6.07, 6.45) is 0. The number of carbonyl (C=O) groups excluding carboxylic acids is 2. The van der Waals surface area contributed by atoms with Crippen molar-refractivity contribution < 1.29 is 22.7 Å². The minimum atomic E-state index is -3.74. The maximum atomic E-state index is 13.0. The molecule has 0 radical (unpaired) electrons. The van der Waals surface area contributed by atoms with Crippen LogP contribution < -0.4 is 10.1 Å². The van der Waals surface area contributed by atoms with Crippen molar-refractivity contribution in [1.82, 2.24) is 9.29 Å². The van der Waals surface area contributed by atoms with Gasteiger partial charge in [0.15, 0.2) is 5.78 Å². The quantitative estimate of drug-likeness (QED) is 0.586. The van der Waals surface area contributed by atoms with Gasteiger partial charge in [-0.3, -0.25) is 9.59 Å². The van der Waals surface area contributed by atoms with Gasteiger partial charge in [-0.05, 0) is 58.4 Å². The zero-order valence-electron chi connectivity index (χ0n) is 18.4. The molecule has 0 saturated heterocycles. The van der Waals surface area contributed by atoms with Gasteiger partial charge in [-0.25, -0.2) is 12.7 Å². The lowest BCUT2D eigenvalue weighted by Crippen LogP contribution is -2.27. The smallest absolute Gasteiger partial charge is 0.246 e. The van der Waals surface area contributed by atoms with Crippen LogP contribution in [0.25, 0.3) is 0 Å². The van der Waals surface area contributed by atoms with Crippen LogP contribution in [-0.4, -0.2) is 56.0 Å². The van der Waals surface area contributed by atoms with E-state index in [-0.39, 0.29) is 22.2 Å². The fourth-order valence-electron chi connectivity index (χ4n) is 3.33. The number of hydrogen-bond acceptors (Lipinski definition) is 6. The molecule has 1 heterocycles. The second kappa shape index (κ2) is 9.01. The van der Waals surface area contributed by atoms with Crippen LogP contribution in [0.4, 0.5) is 5.69 Å². The Balaban J connectivity index is 2.37. The standard InChI is InChI=1S/C21H29N3O5S/c1-8-29-17-10-9-16(11-18(17)30(27,28)24(6)7)22-14(4)21(26)20-12(2)19(15(5)25)13(3)23-20/h9-11,14,22-23H,8H2,1-7H3/t14-/m1/s1. The van der Waals surface area contributed by atoms with Crippen LogP contribution in [0, 0.1) is 13.8 Å². The first kappa shape index (κ1) is 23.6. The first-order chi connectivity index (χ1) is 13.9. The molecule has 0 aliphatic carbocycles. The van der Waals surface area contributed by atoms with Crippen LogP contribution in [-0.2, 0) is 10.0 Å². The Hall–Kier alpha value is -2.65. The number of aromatic nitrogens is 1. The van der Waals surface area contributed by atoms with Gasteiger partial charge in [-0.1, -0.05) is 0 Å². The molecule has 0 amide bonds. The van der Waals surface area contributed by atoms with Gasteiger partial charge in [0.2, 0.25) is 15.8 Å². The van der Waals surface area contributed by atoms with Crippen LogP contribution >= 0.6 is 0 Å². The Morgan fingerprint density at radius 2 is 1.87 bits per heavy atom. The largest absolute Gasteiger partial charge is 0.492 e. The van der Waals surface area contributed by atoms with Crippen LogP contribution in [0.5, 0.6) is 5.75 Å². The van der Waals surface area contributed by atoms with Crippen molar-refractivity contribution in [3.05, 3.63) is 40.7 Å². The molecule has 2 rings (SSSR count). The van der Waals surface area contributed by atoms with Gasteiger partial charge >= 0.3 is 0 Å². The number of nitrogens with zero attached hydrogens (tertiary/aromatic N) is 1. The van der Waals surface area contributed by atoms with Crippen LogP contribution in [0.1, 0.15) is 52.9 Å². The highest BCUT2D eigenvalue weighted by Crippen LogP contribution is 2.30. The second-order valence-electron chi connectivity index (χ2n) is 7.29. The van der Waals surface area contributed by atoms with E-state index >= 15 is 0 Å². The molecular weight excluding hydrogens is 406 g/mol. The van der Waals surface area contributed by atoms with E-state index in [1.54, 1.807) is 39.8 Å². The number of aromatic amines is 1. The number of Topliss-reactive ketones (excluding diaryl/α,β-unsaturated/α-hetero) is 2. The lowest BCUT2D eigenvalue weighted by molar-refractivity contribution is 0.0970. The van der Waals surface area contributed by atoms with Crippen LogP contribution in [0.15, 0.2) is 23.1 Å². The van der Waals surface area contributed by atoms with E-state index < -0.39 is 16.1 Å². The predicted octanol–water partition coefficient (Wildman–Crippen LogP) is 3.17. The molecule has 1 aromatic carbocycles. The van der Waals surface area contributed by atoms with E-state index in [9.17, 15) is 18.0 Å². The third-order valence-corrected chi connectivity index (χ3v) is 6.65. The number of aryl methyl sites for hydroxylation is 1. The summed E-state index contributed by atoms with van der Waals surface area (Å²) in [5.74, 6) is -0.0855. The normalized spacial score (nSPS) is 12.7. The molecule has 8 nitrogen and oxygen atoms in total. The minimum absolute atomic E-state index is 0.0183. The van der Waals surface area contributed by atoms with E-state index in [4.69, 9.17) is 4.74 Å². The molecule has 0 aliphatic heterocycles. The highest BCUT2D eigenvalue weighted by atomic mass is 32.2. The van der Waals surface area contributed by atoms with Crippen molar-refractivity contribution in [2.45, 2.75) is 45.6 Å². The highest BCUT2D eigenvalue weighted by molar-refractivity contribution is 7.89. The number of ketones is 2. The zero-order chi connectivity index (χ0) is 22.8. The van der Waals surface area contributed by atoms with E-state index in [1.807, 2.05) is 0 Å². The molecule has 0 unspecified atom stereocenters. The van der Waals surface area contributed by atoms with Crippen molar-refractivity contribution in [2.75, 3.05) is 26.0 Å². The fourth-order valence-corrected chi connectivity index (χ4v) is 4.38. The van der Waals surface area contributed by atoms with E-state index in [1.165, 1.54) is 27.1 Å². The van der Waals surface area contributed by atoms with Gasteiger partial charge in [-0.15, -0.1) is 0 Å². The van der Waals surface area contributed by atoms with Crippen molar-refractivity contribution >= 4 is 27.3 Å². The van der Waals surface area contributed by atoms with Crippen molar-refractivity contribution in [3.8, 4) is 5.75 Å². The lowest BCUT2D eigenvalue weighted by atomic mass is 10.0. The highest BCUT2D eigenvalue weighted by Gasteiger charge is 2.26. The molecule has 0 saturated carbocycles. The summed E-state index contributed by atoms with van der Waals surface area (Å²) >= 11 is 0. The Kier molecular flexibility index (Phi) is 7.10. The number of anilines is 1. The Bertz CT molecular complexity index is 1070. The van der Waals surface area contributed by atoms with E-state index in [2.05, 4.69) is 10.3 Å². The second-order valence-corrected chi connectivity index (χ2v) is 9.41. The third-order valence-electron chi connectivity index (χ3n) is 4.81. The van der Waals surface area contributed by atoms with Gasteiger partial charge in [0.25, 0.3) is 0 Å². The summed E-state index contributed by atoms with van der Waals surface area (Å²) in [5, 5.41) is 3.05. The Labute approximate surface area is 177 Å². The van der Waals surface area contributed by atoms with Gasteiger partial charge in [0, 0.05) is 31.0 Å². The summed E-state index contributed by atoms with van der Waals surface area (Å²) in [4.78, 5) is 27.8. The number of ether oxygens (including phenoxy) is 1. The number of hydrogen-bond donors (Lipinski definition) is 2. The number of rotatable bonds is 9. The lowest BCUT2D eigenvalue weighted by Gasteiger charge is -2.19. The van der Waals surface area contributed by atoms with E-state index in [0.29, 0.717) is 34.8 Å². The molecule has 2 aromatic rings. The van der Waals surface area contributed by atoms with Gasteiger partial charge < -0.3 is 15.0 Å². The SMILES string of the molecule is CCOc1ccc(N[C@H](C)C(=O)c2[nH]c(C)c(C(C)=O)c2C)cc1S(=O)(=O)N(C)C. The summed E-state index contributed by atoms with van der Waals surface area (Å²) in [6.45, 7) is 8.73. The molecule has 0 spiro atoms. The number of H-pyrrole nitrogens is 1. The molecule has 0 fully saturated rings. The topological polar surface area (TPSA) is 109 Å². The summed E-state index contributed by atoms with van der Waals surface area (Å²) < 4.78 is 31.9. The third kappa shape index (κ3) is 4.57. The summed E-state index contributed by atoms with van der Waals surface area (Å²) in [5.41, 5.74) is 2.61. The fraction of sp³-hybridized carbons (Fsp3) is 0.429. The maximum Gasteiger partial charge on any atom is 0.246 e. The van der Waals surface area contributed by atoms with Crippen molar-refractivity contribution in [3.63, 3.8) is 0 Å². The van der Waals surface area contributed by atoms with Crippen LogP contribution in [0.3, 0.4) is 0 Å². The molecule has 2 N–H and O–H groups in total. The summed E-state index contributed by atoms with van der Waals surface area (Å²) in [6, 6.07) is 4.03. The van der Waals surface area contributed by atoms with Crippen LogP contribution in [0.2, 0.25) is 0 Å². The van der Waals surface area contributed by atoms with Gasteiger partial charge in [0.1, 0.15) is 10.6 Å². The average Bonchev–Trinajstić information content (AvgIpc) is 2.96. The van der Waals surface area contributed by atoms with Gasteiger partial charge in [0.05, 0.1) is 18.3 Å². The summed E-state index contributed by atoms with van der Waals surface area (Å²) in [7, 11) is -0.850. The Morgan fingerprint density at radius 1 is 1.23 bits per heavy atom. The molecule has 30 heavy (non-hydrogen) atoms. The number of benzene rings is 1. The number of sulfonamides is 1. The molecule has 9 heteroatoms. The van der Waals surface area contributed by atoms with Crippen molar-refractivity contribution in [1.29, 1.82) is 0 Å².